The molecule has 74 heavy (non-hydrogen) atoms. The van der Waals surface area contributed by atoms with Crippen LogP contribution in [0.25, 0.3) is 0 Å². The van der Waals surface area contributed by atoms with Gasteiger partial charge in [0, 0.05) is 32.4 Å². The van der Waals surface area contributed by atoms with Crippen LogP contribution in [0.3, 0.4) is 0 Å². The Balaban J connectivity index is 1.68. The Kier molecular flexibility index (Phi) is 24.1. The van der Waals surface area contributed by atoms with Crippen LogP contribution in [0.4, 0.5) is 0 Å². The monoisotopic (exact) mass is 1050 g/mol. The van der Waals surface area contributed by atoms with E-state index in [0.29, 0.717) is 29.6 Å². The molecule has 16 atom stereocenters. The van der Waals surface area contributed by atoms with E-state index in [1.807, 2.05) is 0 Å². The quantitative estimate of drug-likeness (QED) is 0.0577. The molecule has 0 aliphatic carbocycles. The molecule has 3 heterocycles. The lowest BCUT2D eigenvalue weighted by Gasteiger charge is -2.34. The van der Waals surface area contributed by atoms with Crippen LogP contribution in [0, 0.1) is 11.8 Å². The maximum atomic E-state index is 14.4. The number of carbonyl (C=O) groups excluding carboxylic acids is 8. The fraction of sp³-hybridized carbons (Fsp3) is 0.720. The summed E-state index contributed by atoms with van der Waals surface area (Å²) in [5, 5.41) is 101. The molecule has 3 fully saturated rings. The highest BCUT2D eigenvalue weighted by Gasteiger charge is 2.49. The van der Waals surface area contributed by atoms with Gasteiger partial charge < -0.3 is 83.0 Å². The number of rotatable bonds is 20. The van der Waals surface area contributed by atoms with Gasteiger partial charge in [-0.3, -0.25) is 38.4 Å². The fourth-order valence-electron chi connectivity index (χ4n) is 9.77. The predicted molar refractivity (Wildman–Crippen MR) is 264 cm³/mol. The van der Waals surface area contributed by atoms with E-state index in [9.17, 15) is 79.2 Å². The van der Waals surface area contributed by atoms with E-state index < -0.39 is 165 Å². The molecule has 3 aliphatic rings. The average molecular weight is 1050 g/mol. The molecule has 24 nitrogen and oxygen atoms in total. The number of hydrogen-bond acceptors (Lipinski definition) is 16. The Hall–Kier alpha value is -5.34. The Bertz CT molecular complexity index is 2050. The van der Waals surface area contributed by atoms with Crippen LogP contribution in [-0.2, 0) is 38.4 Å². The first kappa shape index (κ1) is 61.2. The number of primary amides is 1. The highest BCUT2D eigenvalue weighted by Crippen LogP contribution is 2.26. The number of benzene rings is 1. The first-order valence-corrected chi connectivity index (χ1v) is 25.8. The van der Waals surface area contributed by atoms with Crippen molar-refractivity contribution in [3.05, 3.63) is 35.9 Å². The topological polar surface area (TPSA) is 391 Å². The van der Waals surface area contributed by atoms with Crippen molar-refractivity contribution in [3.63, 3.8) is 0 Å². The largest absolute Gasteiger partial charge is 0.391 e. The Morgan fingerprint density at radius 2 is 1.32 bits per heavy atom. The number of hydrogen-bond donors (Lipinski definition) is 14. The third-order valence-corrected chi connectivity index (χ3v) is 14.2. The minimum absolute atomic E-state index is 0.0368. The molecule has 3 saturated heterocycles. The van der Waals surface area contributed by atoms with E-state index in [-0.39, 0.29) is 18.4 Å². The van der Waals surface area contributed by atoms with E-state index >= 15 is 0 Å². The number of nitrogens with zero attached hydrogens (tertiary/aromatic N) is 2. The van der Waals surface area contributed by atoms with E-state index in [1.54, 1.807) is 6.07 Å². The molecule has 15 N–H and O–H groups in total. The van der Waals surface area contributed by atoms with Gasteiger partial charge in [-0.15, -0.1) is 0 Å². The Morgan fingerprint density at radius 3 is 1.96 bits per heavy atom. The van der Waals surface area contributed by atoms with Crippen LogP contribution in [0.5, 0.6) is 0 Å². The van der Waals surface area contributed by atoms with Gasteiger partial charge in [0.25, 0.3) is 0 Å². The summed E-state index contributed by atoms with van der Waals surface area (Å²) >= 11 is 0. The summed E-state index contributed by atoms with van der Waals surface area (Å²) in [6, 6.07) is -4.45. The zero-order chi connectivity index (χ0) is 55.0. The van der Waals surface area contributed by atoms with Crippen molar-refractivity contribution in [1.29, 1.82) is 0 Å². The number of aliphatic hydroxyl groups excluding tert-OH is 8. The molecule has 1 aromatic rings. The normalized spacial score (nSPS) is 29.2. The van der Waals surface area contributed by atoms with E-state index in [4.69, 9.17) is 5.73 Å². The number of carbonyl (C=O) groups is 8. The number of nitrogens with one attached hydrogen (secondary N) is 5. The molecule has 0 radical (unpaired) electrons. The molecule has 0 aromatic heterocycles. The molecule has 416 valence electrons. The minimum atomic E-state index is -2.28. The Morgan fingerprint density at radius 1 is 0.716 bits per heavy atom. The molecular weight excluding hydrogens is 969 g/mol. The standard InChI is InChI=1S/C50H80N8O16/c1-5-26(2)21-27(3)15-11-8-6-7-9-14-18-37(65)52-31-23-35(63)46(70)56-48(72)41-33(61)19-20-57(41)50(74)39(34(62)24-36(51)64)54-47(71)40(43(67)42(66)29-16-12-10-13-17-29)55-45(69)32-22-30(60)25-58(32)49(73)38(28(4)59)53-44(31)68/h10,12-13,16-17,26-28,30-35,38-43,46,59-63,66-67,70H,5-9,11,14-15,18-25H2,1-4H3,(H2,51,64)(H,52,65)(H,53,68)(H,54,71)(H,55,69)(H,56,72)/t26?,27?,28-,30-,31+,32+,33+,34-,35-,38+,39+,40+,41+,42+,43+,46-/m1/s1. The van der Waals surface area contributed by atoms with Crippen LogP contribution < -0.4 is 32.3 Å². The van der Waals surface area contributed by atoms with Gasteiger partial charge in [-0.05, 0) is 43.6 Å². The zero-order valence-corrected chi connectivity index (χ0v) is 42.8. The summed E-state index contributed by atoms with van der Waals surface area (Å²) in [7, 11) is 0. The van der Waals surface area contributed by atoms with Gasteiger partial charge in [0.15, 0.2) is 6.23 Å². The van der Waals surface area contributed by atoms with Crippen LogP contribution in [0.15, 0.2) is 30.3 Å². The molecule has 0 saturated carbocycles. The van der Waals surface area contributed by atoms with Crippen molar-refractivity contribution >= 4 is 47.3 Å². The maximum Gasteiger partial charge on any atom is 0.248 e. The van der Waals surface area contributed by atoms with Gasteiger partial charge in [-0.1, -0.05) is 96.0 Å². The third-order valence-electron chi connectivity index (χ3n) is 14.2. The lowest BCUT2D eigenvalue weighted by molar-refractivity contribution is -0.149. The molecule has 8 amide bonds. The van der Waals surface area contributed by atoms with Gasteiger partial charge >= 0.3 is 0 Å². The Labute approximate surface area is 431 Å². The zero-order valence-electron chi connectivity index (χ0n) is 42.8. The second-order valence-electron chi connectivity index (χ2n) is 20.4. The van der Waals surface area contributed by atoms with Gasteiger partial charge in [-0.2, -0.15) is 0 Å². The molecule has 0 spiro atoms. The van der Waals surface area contributed by atoms with Crippen LogP contribution in [-0.4, -0.2) is 190 Å². The van der Waals surface area contributed by atoms with Gasteiger partial charge in [0.1, 0.15) is 54.6 Å². The molecule has 4 rings (SSSR count). The van der Waals surface area contributed by atoms with Crippen molar-refractivity contribution in [2.24, 2.45) is 17.6 Å². The summed E-state index contributed by atoms with van der Waals surface area (Å²) in [6.45, 7) is 6.83. The van der Waals surface area contributed by atoms with Crippen molar-refractivity contribution < 1.29 is 79.2 Å². The molecule has 24 heteroatoms. The summed E-state index contributed by atoms with van der Waals surface area (Å²) in [4.78, 5) is 112. The number of aliphatic hydroxyl groups is 8. The first-order chi connectivity index (χ1) is 34.9. The summed E-state index contributed by atoms with van der Waals surface area (Å²) in [5.74, 6) is -8.12. The minimum Gasteiger partial charge on any atom is -0.391 e. The number of nitrogens with two attached hydrogens (primary N) is 1. The third kappa shape index (κ3) is 17.4. The van der Waals surface area contributed by atoms with Gasteiger partial charge in [-0.25, -0.2) is 0 Å². The summed E-state index contributed by atoms with van der Waals surface area (Å²) in [6.07, 6.45) is -9.68. The van der Waals surface area contributed by atoms with Crippen molar-refractivity contribution in [1.82, 2.24) is 36.4 Å². The maximum absolute atomic E-state index is 14.4. The van der Waals surface area contributed by atoms with Crippen molar-refractivity contribution in [3.8, 4) is 0 Å². The van der Waals surface area contributed by atoms with Crippen LogP contribution >= 0.6 is 0 Å². The van der Waals surface area contributed by atoms with Crippen LogP contribution in [0.2, 0.25) is 0 Å². The molecule has 2 unspecified atom stereocenters. The lowest BCUT2D eigenvalue weighted by Crippen LogP contribution is -2.64. The average Bonchev–Trinajstić information content (AvgIpc) is 3.95. The second kappa shape index (κ2) is 29.1. The van der Waals surface area contributed by atoms with Crippen molar-refractivity contribution in [2.75, 3.05) is 13.1 Å². The lowest BCUT2D eigenvalue weighted by atomic mass is 9.91. The summed E-state index contributed by atoms with van der Waals surface area (Å²) < 4.78 is 0. The summed E-state index contributed by atoms with van der Waals surface area (Å²) in [5.41, 5.74) is 5.37. The number of fused-ring (bicyclic) bond motifs is 2. The first-order valence-electron chi connectivity index (χ1n) is 25.8. The fourth-order valence-corrected chi connectivity index (χ4v) is 9.77. The molecule has 3 aliphatic heterocycles. The second-order valence-corrected chi connectivity index (χ2v) is 20.4. The highest BCUT2D eigenvalue weighted by molar-refractivity contribution is 5.98. The molecular formula is C50H80N8O16. The number of amides is 8. The number of unbranched alkanes of at least 4 members (excludes halogenated alkanes) is 5. The predicted octanol–water partition coefficient (Wildman–Crippen LogP) is -3.05. The van der Waals surface area contributed by atoms with Gasteiger partial charge in [0.2, 0.25) is 47.3 Å². The molecule has 0 bridgehead atoms. The van der Waals surface area contributed by atoms with Gasteiger partial charge in [0.05, 0.1) is 30.8 Å². The van der Waals surface area contributed by atoms with Crippen LogP contribution in [0.1, 0.15) is 129 Å². The van der Waals surface area contributed by atoms with E-state index in [0.717, 1.165) is 50.3 Å². The molecule has 1 aromatic carbocycles. The SMILES string of the molecule is CCC(C)CC(C)CCCCCCCCC(=O)N[C@H]1C[C@@H](O)[C@@H](O)NC(=O)[C@@H]2[C@@H](O)CCN2C(=O)[C@H]([C@H](O)CC(N)=O)NC(=O)[C@H]([C@H](O)[C@@H](O)c2ccccc2)NC(=O)[C@@H]2C[C@@H](O)CN2C(=O)[C@H]([C@@H](C)O)NC1=O. The smallest absolute Gasteiger partial charge is 0.248 e. The van der Waals surface area contributed by atoms with E-state index in [1.165, 1.54) is 30.7 Å². The van der Waals surface area contributed by atoms with E-state index in [2.05, 4.69) is 47.4 Å². The highest BCUT2D eigenvalue weighted by atomic mass is 16.3. The van der Waals surface area contributed by atoms with Crippen molar-refractivity contribution in [2.45, 2.75) is 203 Å².